The summed E-state index contributed by atoms with van der Waals surface area (Å²) in [6, 6.07) is 8.52. The second-order valence-corrected chi connectivity index (χ2v) is 7.66. The monoisotopic (exact) mass is 368 g/mol. The van der Waals surface area contributed by atoms with Crippen LogP contribution < -0.4 is 10.1 Å². The summed E-state index contributed by atoms with van der Waals surface area (Å²) < 4.78 is 5.31. The molecule has 1 unspecified atom stereocenters. The van der Waals surface area contributed by atoms with E-state index in [-0.39, 0.29) is 6.04 Å². The number of fused-ring (bicyclic) bond motifs is 1. The van der Waals surface area contributed by atoms with E-state index in [0.717, 1.165) is 28.3 Å². The molecule has 1 aliphatic rings. The Morgan fingerprint density at radius 1 is 1.19 bits per heavy atom. The molecule has 0 bridgehead atoms. The number of rotatable bonds is 6. The molecule has 1 fully saturated rings. The molecule has 1 saturated heterocycles. The van der Waals surface area contributed by atoms with Crippen LogP contribution in [0.5, 0.6) is 5.75 Å². The molecule has 6 heteroatoms. The van der Waals surface area contributed by atoms with Gasteiger partial charge in [-0.2, -0.15) is 0 Å². The van der Waals surface area contributed by atoms with Gasteiger partial charge in [0.2, 0.25) is 0 Å². The average Bonchev–Trinajstić information content (AvgIpc) is 3.32. The van der Waals surface area contributed by atoms with E-state index < -0.39 is 0 Å². The van der Waals surface area contributed by atoms with E-state index >= 15 is 0 Å². The van der Waals surface area contributed by atoms with Gasteiger partial charge in [-0.05, 0) is 61.5 Å². The maximum absolute atomic E-state index is 5.31. The molecular weight excluding hydrogens is 344 g/mol. The maximum atomic E-state index is 5.31. The molecule has 0 amide bonds. The first-order valence-corrected chi connectivity index (χ1v) is 9.94. The Hall–Kier alpha value is -2.18. The van der Waals surface area contributed by atoms with Crippen LogP contribution in [0.2, 0.25) is 0 Å². The Kier molecular flexibility index (Phi) is 5.04. The second-order valence-electron chi connectivity index (χ2n) is 6.80. The predicted octanol–water partition coefficient (Wildman–Crippen LogP) is 4.26. The van der Waals surface area contributed by atoms with Crippen molar-refractivity contribution in [3.05, 3.63) is 47.1 Å². The van der Waals surface area contributed by atoms with Crippen molar-refractivity contribution in [2.45, 2.75) is 25.8 Å². The lowest BCUT2D eigenvalue weighted by Gasteiger charge is -2.26. The lowest BCUT2D eigenvalue weighted by molar-refractivity contribution is 0.323. The third-order valence-corrected chi connectivity index (χ3v) is 6.03. The third-order valence-electron chi connectivity index (χ3n) is 5.02. The third kappa shape index (κ3) is 3.52. The fraction of sp³-hybridized carbons (Fsp3) is 0.400. The van der Waals surface area contributed by atoms with E-state index in [9.17, 15) is 0 Å². The smallest absolute Gasteiger partial charge is 0.138 e. The number of ether oxygens (including phenoxy) is 1. The fourth-order valence-electron chi connectivity index (χ4n) is 3.59. The summed E-state index contributed by atoms with van der Waals surface area (Å²) >= 11 is 1.67. The number of likely N-dealkylation sites (tertiary alicyclic amines) is 1. The van der Waals surface area contributed by atoms with E-state index in [2.05, 4.69) is 44.6 Å². The number of nitrogens with one attached hydrogen (secondary N) is 1. The Bertz CT molecular complexity index is 871. The zero-order chi connectivity index (χ0) is 17.9. The highest BCUT2D eigenvalue weighted by atomic mass is 32.1. The van der Waals surface area contributed by atoms with Crippen LogP contribution in [0.3, 0.4) is 0 Å². The summed E-state index contributed by atoms with van der Waals surface area (Å²) in [7, 11) is 1.70. The van der Waals surface area contributed by atoms with Gasteiger partial charge >= 0.3 is 0 Å². The quantitative estimate of drug-likeness (QED) is 0.705. The Morgan fingerprint density at radius 2 is 1.96 bits per heavy atom. The molecule has 0 radical (unpaired) electrons. The number of methoxy groups -OCH3 is 1. The molecular formula is C20H24N4OS. The van der Waals surface area contributed by atoms with Crippen LogP contribution in [0, 0.1) is 6.92 Å². The summed E-state index contributed by atoms with van der Waals surface area (Å²) in [5, 5.41) is 6.99. The molecule has 1 N–H and O–H groups in total. The zero-order valence-corrected chi connectivity index (χ0v) is 16.1. The van der Waals surface area contributed by atoms with Crippen LogP contribution in [0.4, 0.5) is 5.82 Å². The van der Waals surface area contributed by atoms with Gasteiger partial charge in [-0.25, -0.2) is 9.97 Å². The summed E-state index contributed by atoms with van der Waals surface area (Å²) in [5.41, 5.74) is 2.47. The van der Waals surface area contributed by atoms with Crippen molar-refractivity contribution < 1.29 is 4.74 Å². The first-order valence-electron chi connectivity index (χ1n) is 9.06. The van der Waals surface area contributed by atoms with Crippen LogP contribution in [-0.2, 0) is 0 Å². The molecule has 0 aliphatic carbocycles. The Morgan fingerprint density at radius 3 is 2.69 bits per heavy atom. The largest absolute Gasteiger partial charge is 0.497 e. The predicted molar refractivity (Wildman–Crippen MR) is 107 cm³/mol. The van der Waals surface area contributed by atoms with Gasteiger partial charge in [-0.1, -0.05) is 12.1 Å². The minimum absolute atomic E-state index is 0.177. The highest BCUT2D eigenvalue weighted by Gasteiger charge is 2.21. The van der Waals surface area contributed by atoms with E-state index in [1.165, 1.54) is 37.1 Å². The zero-order valence-electron chi connectivity index (χ0n) is 15.2. The molecule has 1 aliphatic heterocycles. The molecule has 136 valence electrons. The van der Waals surface area contributed by atoms with Crippen molar-refractivity contribution in [2.75, 3.05) is 32.1 Å². The van der Waals surface area contributed by atoms with Crippen LogP contribution in [0.1, 0.15) is 30.0 Å². The number of nitrogens with zero attached hydrogens (tertiary/aromatic N) is 3. The Labute approximate surface area is 158 Å². The van der Waals surface area contributed by atoms with Crippen molar-refractivity contribution >= 4 is 27.4 Å². The van der Waals surface area contributed by atoms with Gasteiger partial charge in [0.1, 0.15) is 22.7 Å². The fourth-order valence-corrected chi connectivity index (χ4v) is 4.48. The number of thiophene rings is 1. The van der Waals surface area contributed by atoms with E-state index in [0.29, 0.717) is 0 Å². The van der Waals surface area contributed by atoms with Gasteiger partial charge in [-0.15, -0.1) is 11.3 Å². The Balaban J connectivity index is 1.65. The number of benzene rings is 1. The molecule has 4 rings (SSSR count). The lowest BCUT2D eigenvalue weighted by atomic mass is 10.1. The van der Waals surface area contributed by atoms with Crippen LogP contribution in [0.15, 0.2) is 36.0 Å². The van der Waals surface area contributed by atoms with Crippen LogP contribution in [-0.4, -0.2) is 41.6 Å². The molecule has 1 atom stereocenters. The summed E-state index contributed by atoms with van der Waals surface area (Å²) in [5.74, 6) is 1.81. The second kappa shape index (κ2) is 7.60. The molecule has 3 heterocycles. The van der Waals surface area contributed by atoms with Gasteiger partial charge < -0.3 is 15.0 Å². The molecule has 2 aromatic heterocycles. The van der Waals surface area contributed by atoms with Crippen molar-refractivity contribution in [2.24, 2.45) is 0 Å². The number of hydrogen-bond acceptors (Lipinski definition) is 6. The van der Waals surface area contributed by atoms with Crippen LogP contribution >= 0.6 is 11.3 Å². The standard InChI is InChI=1S/C20H24N4OS/c1-14-12-26-20-18(14)19(21-13-22-20)23-17(11-24-9-3-4-10-24)15-5-7-16(25-2)8-6-15/h5-8,12-13,17H,3-4,9-11H2,1-2H3,(H,21,22,23). The van der Waals surface area contributed by atoms with E-state index in [4.69, 9.17) is 4.74 Å². The minimum atomic E-state index is 0.177. The van der Waals surface area contributed by atoms with Gasteiger partial charge in [0.15, 0.2) is 0 Å². The lowest BCUT2D eigenvalue weighted by Crippen LogP contribution is -2.29. The minimum Gasteiger partial charge on any atom is -0.497 e. The first kappa shape index (κ1) is 17.2. The number of hydrogen-bond donors (Lipinski definition) is 1. The molecule has 26 heavy (non-hydrogen) atoms. The molecule has 1 aromatic carbocycles. The highest BCUT2D eigenvalue weighted by molar-refractivity contribution is 7.17. The molecule has 0 spiro atoms. The summed E-state index contributed by atoms with van der Waals surface area (Å²) in [6.07, 6.45) is 4.23. The van der Waals surface area contributed by atoms with E-state index in [1.54, 1.807) is 24.8 Å². The maximum Gasteiger partial charge on any atom is 0.138 e. The van der Waals surface area contributed by atoms with E-state index in [1.807, 2.05) is 12.1 Å². The summed E-state index contributed by atoms with van der Waals surface area (Å²) in [6.45, 7) is 5.44. The van der Waals surface area contributed by atoms with Crippen LogP contribution in [0.25, 0.3) is 10.2 Å². The topological polar surface area (TPSA) is 50.3 Å². The normalized spacial score (nSPS) is 16.1. The molecule has 5 nitrogen and oxygen atoms in total. The average molecular weight is 369 g/mol. The molecule has 3 aromatic rings. The number of aromatic nitrogens is 2. The van der Waals surface area contributed by atoms with Gasteiger partial charge in [0, 0.05) is 6.54 Å². The van der Waals surface area contributed by atoms with Crippen molar-refractivity contribution in [1.29, 1.82) is 0 Å². The SMILES string of the molecule is COc1ccc(C(CN2CCCC2)Nc2ncnc3scc(C)c23)cc1. The number of aryl methyl sites for hydroxylation is 1. The van der Waals surface area contributed by atoms with Gasteiger partial charge in [-0.3, -0.25) is 0 Å². The van der Waals surface area contributed by atoms with Crippen molar-refractivity contribution in [1.82, 2.24) is 14.9 Å². The van der Waals surface area contributed by atoms with Gasteiger partial charge in [0.25, 0.3) is 0 Å². The van der Waals surface area contributed by atoms with Crippen molar-refractivity contribution in [3.8, 4) is 5.75 Å². The van der Waals surface area contributed by atoms with Crippen molar-refractivity contribution in [3.63, 3.8) is 0 Å². The summed E-state index contributed by atoms with van der Waals surface area (Å²) in [4.78, 5) is 12.5. The first-order chi connectivity index (χ1) is 12.7. The molecule has 0 saturated carbocycles. The highest BCUT2D eigenvalue weighted by Crippen LogP contribution is 2.31. The van der Waals surface area contributed by atoms with Gasteiger partial charge in [0.05, 0.1) is 18.5 Å². The number of anilines is 1.